The number of phenolic OH excluding ortho intramolecular Hbond substituents is 1. The summed E-state index contributed by atoms with van der Waals surface area (Å²) < 4.78 is 11.1. The normalized spacial score (nSPS) is 21.9. The minimum atomic E-state index is -0.465. The standard InChI is InChI=1S/C28H41NO4/c1-5-6-7-10-21-16-25(30)27(24-15-20(4)12-13-23(24)19(2)3)26(17-21)33-28(31)29-14-9-8-11-22-18-32-22/h15-17,22-24,30H,2,5-14,18H2,1,3-4H3,(H,29,31)/t22?,23-,24+/m0/s1. The fraction of sp³-hybridized carbons (Fsp3) is 0.607. The SMILES string of the molecule is C=C(C)[C@@H]1CCC(C)=C[C@H]1c1c(O)cc(CCCCC)cc1OC(=O)NCCCCC1CO1. The molecule has 1 unspecified atom stereocenters. The summed E-state index contributed by atoms with van der Waals surface area (Å²) in [7, 11) is 0. The lowest BCUT2D eigenvalue weighted by molar-refractivity contribution is 0.199. The number of carbonyl (C=O) groups excluding carboxylic acids is 1. The Morgan fingerprint density at radius 1 is 1.27 bits per heavy atom. The number of hydrogen-bond donors (Lipinski definition) is 2. The molecule has 33 heavy (non-hydrogen) atoms. The summed E-state index contributed by atoms with van der Waals surface area (Å²) in [4.78, 5) is 12.6. The van der Waals surface area contributed by atoms with Crippen LogP contribution in [0.15, 0.2) is 35.9 Å². The average molecular weight is 456 g/mol. The quantitative estimate of drug-likeness (QED) is 0.207. The third-order valence-corrected chi connectivity index (χ3v) is 6.79. The summed E-state index contributed by atoms with van der Waals surface area (Å²) in [5.41, 5.74) is 4.08. The number of allylic oxidation sites excluding steroid dienone is 3. The van der Waals surface area contributed by atoms with Crippen molar-refractivity contribution in [3.8, 4) is 11.5 Å². The average Bonchev–Trinajstić information content (AvgIpc) is 3.57. The first-order valence-electron chi connectivity index (χ1n) is 12.6. The zero-order chi connectivity index (χ0) is 23.8. The summed E-state index contributed by atoms with van der Waals surface area (Å²) in [6, 6.07) is 3.80. The number of hydrogen-bond acceptors (Lipinski definition) is 4. The van der Waals surface area contributed by atoms with Gasteiger partial charge in [0.05, 0.1) is 12.7 Å². The molecule has 1 aromatic carbocycles. The van der Waals surface area contributed by atoms with Gasteiger partial charge in [-0.05, 0) is 82.4 Å². The number of rotatable bonds is 12. The molecule has 1 heterocycles. The van der Waals surface area contributed by atoms with Crippen molar-refractivity contribution in [2.45, 2.75) is 90.6 Å². The van der Waals surface area contributed by atoms with Crippen molar-refractivity contribution < 1.29 is 19.4 Å². The third kappa shape index (κ3) is 7.63. The van der Waals surface area contributed by atoms with E-state index in [1.807, 2.05) is 19.1 Å². The molecule has 0 bridgehead atoms. The van der Waals surface area contributed by atoms with E-state index in [4.69, 9.17) is 9.47 Å². The molecule has 1 amide bonds. The van der Waals surface area contributed by atoms with Crippen molar-refractivity contribution >= 4 is 6.09 Å². The Bertz CT molecular complexity index is 856. The molecule has 5 nitrogen and oxygen atoms in total. The zero-order valence-electron chi connectivity index (χ0n) is 20.6. The van der Waals surface area contributed by atoms with Gasteiger partial charge < -0.3 is 19.9 Å². The van der Waals surface area contributed by atoms with Crippen molar-refractivity contribution in [1.82, 2.24) is 5.32 Å². The van der Waals surface area contributed by atoms with Gasteiger partial charge in [0.25, 0.3) is 0 Å². The van der Waals surface area contributed by atoms with Crippen LogP contribution in [-0.2, 0) is 11.2 Å². The molecular formula is C28H41NO4. The largest absolute Gasteiger partial charge is 0.507 e. The number of epoxide rings is 1. The molecule has 182 valence electrons. The van der Waals surface area contributed by atoms with E-state index in [1.54, 1.807) is 0 Å². The molecular weight excluding hydrogens is 414 g/mol. The molecule has 3 atom stereocenters. The highest BCUT2D eigenvalue weighted by Gasteiger charge is 2.31. The Morgan fingerprint density at radius 3 is 2.76 bits per heavy atom. The van der Waals surface area contributed by atoms with Crippen LogP contribution in [-0.4, -0.2) is 30.5 Å². The van der Waals surface area contributed by atoms with E-state index in [1.165, 1.54) is 5.57 Å². The third-order valence-electron chi connectivity index (χ3n) is 6.79. The van der Waals surface area contributed by atoms with E-state index in [0.29, 0.717) is 24.0 Å². The minimum absolute atomic E-state index is 0.0534. The number of nitrogens with one attached hydrogen (secondary N) is 1. The van der Waals surface area contributed by atoms with E-state index >= 15 is 0 Å². The van der Waals surface area contributed by atoms with Crippen LogP contribution in [0.4, 0.5) is 4.79 Å². The second kappa shape index (κ2) is 12.3. The molecule has 3 rings (SSSR count). The van der Waals surface area contributed by atoms with Gasteiger partial charge in [-0.3, -0.25) is 0 Å². The number of phenols is 1. The van der Waals surface area contributed by atoms with E-state index < -0.39 is 6.09 Å². The van der Waals surface area contributed by atoms with E-state index in [2.05, 4.69) is 31.8 Å². The summed E-state index contributed by atoms with van der Waals surface area (Å²) in [5, 5.41) is 14.0. The fourth-order valence-corrected chi connectivity index (χ4v) is 4.77. The van der Waals surface area contributed by atoms with Crippen molar-refractivity contribution in [3.05, 3.63) is 47.1 Å². The maximum Gasteiger partial charge on any atom is 0.412 e. The summed E-state index contributed by atoms with van der Waals surface area (Å²) in [6.45, 7) is 12.0. The number of aryl methyl sites for hydroxylation is 1. The Labute approximate surface area is 199 Å². The van der Waals surface area contributed by atoms with Gasteiger partial charge in [-0.25, -0.2) is 4.79 Å². The highest BCUT2D eigenvalue weighted by molar-refractivity contribution is 5.72. The van der Waals surface area contributed by atoms with Crippen molar-refractivity contribution in [2.24, 2.45) is 5.92 Å². The van der Waals surface area contributed by atoms with Crippen LogP contribution in [0.3, 0.4) is 0 Å². The minimum Gasteiger partial charge on any atom is -0.507 e. The lowest BCUT2D eigenvalue weighted by atomic mass is 9.73. The van der Waals surface area contributed by atoms with Crippen LogP contribution in [0.2, 0.25) is 0 Å². The van der Waals surface area contributed by atoms with Crippen LogP contribution < -0.4 is 10.1 Å². The van der Waals surface area contributed by atoms with Gasteiger partial charge in [0.2, 0.25) is 0 Å². The van der Waals surface area contributed by atoms with Gasteiger partial charge in [-0.2, -0.15) is 0 Å². The van der Waals surface area contributed by atoms with Crippen LogP contribution in [0.1, 0.15) is 89.2 Å². The van der Waals surface area contributed by atoms with Crippen LogP contribution >= 0.6 is 0 Å². The van der Waals surface area contributed by atoms with Crippen LogP contribution in [0.25, 0.3) is 0 Å². The molecule has 0 radical (unpaired) electrons. The van der Waals surface area contributed by atoms with Crippen LogP contribution in [0, 0.1) is 5.92 Å². The van der Waals surface area contributed by atoms with E-state index in [0.717, 1.165) is 75.5 Å². The number of amides is 1. The number of unbranched alkanes of at least 4 members (excludes halogenated alkanes) is 3. The number of benzene rings is 1. The predicted molar refractivity (Wildman–Crippen MR) is 133 cm³/mol. The Balaban J connectivity index is 1.78. The molecule has 1 aromatic rings. The van der Waals surface area contributed by atoms with Crippen molar-refractivity contribution in [2.75, 3.05) is 13.2 Å². The number of ether oxygens (including phenoxy) is 2. The molecule has 0 aromatic heterocycles. The van der Waals surface area contributed by atoms with Gasteiger partial charge in [0, 0.05) is 18.0 Å². The van der Waals surface area contributed by atoms with Gasteiger partial charge in [-0.15, -0.1) is 0 Å². The molecule has 0 saturated carbocycles. The molecule has 1 saturated heterocycles. The molecule has 1 aliphatic carbocycles. The topological polar surface area (TPSA) is 71.1 Å². The lowest BCUT2D eigenvalue weighted by Crippen LogP contribution is -2.28. The Kier molecular flexibility index (Phi) is 9.42. The fourth-order valence-electron chi connectivity index (χ4n) is 4.77. The highest BCUT2D eigenvalue weighted by Crippen LogP contribution is 2.47. The summed E-state index contributed by atoms with van der Waals surface area (Å²) in [5.74, 6) is 0.828. The maximum absolute atomic E-state index is 12.6. The first kappa shape index (κ1) is 25.4. The van der Waals surface area contributed by atoms with Crippen molar-refractivity contribution in [1.29, 1.82) is 0 Å². The molecule has 5 heteroatoms. The monoisotopic (exact) mass is 455 g/mol. The highest BCUT2D eigenvalue weighted by atomic mass is 16.6. The molecule has 1 fully saturated rings. The first-order valence-corrected chi connectivity index (χ1v) is 12.6. The Morgan fingerprint density at radius 2 is 2.06 bits per heavy atom. The number of aromatic hydroxyl groups is 1. The molecule has 0 spiro atoms. The second-order valence-electron chi connectivity index (χ2n) is 9.78. The molecule has 1 aliphatic heterocycles. The zero-order valence-corrected chi connectivity index (χ0v) is 20.6. The van der Waals surface area contributed by atoms with Gasteiger partial charge >= 0.3 is 6.09 Å². The molecule has 2 aliphatic rings. The van der Waals surface area contributed by atoms with Gasteiger partial charge in [0.15, 0.2) is 0 Å². The summed E-state index contributed by atoms with van der Waals surface area (Å²) in [6.07, 6.45) is 11.3. The van der Waals surface area contributed by atoms with Crippen LogP contribution in [0.5, 0.6) is 11.5 Å². The summed E-state index contributed by atoms with van der Waals surface area (Å²) >= 11 is 0. The van der Waals surface area contributed by atoms with Gasteiger partial charge in [0.1, 0.15) is 11.5 Å². The predicted octanol–water partition coefficient (Wildman–Crippen LogP) is 6.80. The smallest absolute Gasteiger partial charge is 0.412 e. The Hall–Kier alpha value is -2.27. The van der Waals surface area contributed by atoms with Gasteiger partial charge in [-0.1, -0.05) is 43.6 Å². The van der Waals surface area contributed by atoms with E-state index in [-0.39, 0.29) is 17.6 Å². The molecule has 2 N–H and O–H groups in total. The van der Waals surface area contributed by atoms with E-state index in [9.17, 15) is 9.90 Å². The number of carbonyl (C=O) groups is 1. The lowest BCUT2D eigenvalue weighted by Gasteiger charge is -2.32. The first-order chi connectivity index (χ1) is 15.9. The van der Waals surface area contributed by atoms with Crippen molar-refractivity contribution in [3.63, 3.8) is 0 Å². The maximum atomic E-state index is 12.6. The second-order valence-corrected chi connectivity index (χ2v) is 9.78.